The van der Waals surface area contributed by atoms with Gasteiger partial charge in [-0.1, -0.05) is 42.5 Å². The molecule has 3 amide bonds. The van der Waals surface area contributed by atoms with Crippen LogP contribution in [0.2, 0.25) is 0 Å². The molecule has 164 valence electrons. The van der Waals surface area contributed by atoms with Crippen LogP contribution in [0.15, 0.2) is 67.0 Å². The van der Waals surface area contributed by atoms with Gasteiger partial charge in [-0.2, -0.15) is 12.6 Å². The number of aromatic amines is 1. The Morgan fingerprint density at radius 3 is 2.31 bits per heavy atom. The molecule has 7 nitrogen and oxygen atoms in total. The summed E-state index contributed by atoms with van der Waals surface area (Å²) < 4.78 is 0. The fourth-order valence-electron chi connectivity index (χ4n) is 3.82. The molecule has 1 aliphatic rings. The maximum absolute atomic E-state index is 12.8. The van der Waals surface area contributed by atoms with Gasteiger partial charge in [0.1, 0.15) is 5.82 Å². The van der Waals surface area contributed by atoms with Crippen LogP contribution in [0.25, 0.3) is 0 Å². The van der Waals surface area contributed by atoms with E-state index in [4.69, 9.17) is 0 Å². The van der Waals surface area contributed by atoms with Gasteiger partial charge in [0, 0.05) is 25.4 Å². The molecule has 2 heterocycles. The third-order valence-corrected chi connectivity index (χ3v) is 6.00. The van der Waals surface area contributed by atoms with E-state index in [1.165, 1.54) is 4.90 Å². The molecule has 1 aliphatic heterocycles. The van der Waals surface area contributed by atoms with Crippen molar-refractivity contribution in [1.82, 2.24) is 20.2 Å². The van der Waals surface area contributed by atoms with Crippen LogP contribution in [0.1, 0.15) is 51.0 Å². The number of benzene rings is 2. The molecule has 2 N–H and O–H groups in total. The lowest BCUT2D eigenvalue weighted by Gasteiger charge is -2.21. The summed E-state index contributed by atoms with van der Waals surface area (Å²) in [4.78, 5) is 46.3. The Morgan fingerprint density at radius 1 is 1.03 bits per heavy atom. The van der Waals surface area contributed by atoms with Crippen LogP contribution in [0, 0.1) is 0 Å². The predicted molar refractivity (Wildman–Crippen MR) is 123 cm³/mol. The molecule has 2 aromatic carbocycles. The highest BCUT2D eigenvalue weighted by molar-refractivity contribution is 7.81. The van der Waals surface area contributed by atoms with Crippen LogP contribution in [-0.4, -0.2) is 44.4 Å². The summed E-state index contributed by atoms with van der Waals surface area (Å²) in [6, 6.07) is 16.3. The minimum absolute atomic E-state index is 0.198. The Bertz CT molecular complexity index is 1070. The van der Waals surface area contributed by atoms with Crippen molar-refractivity contribution in [2.24, 2.45) is 0 Å². The number of rotatable bonds is 9. The Hall–Kier alpha value is -3.39. The topological polar surface area (TPSA) is 95.2 Å². The van der Waals surface area contributed by atoms with Crippen molar-refractivity contribution in [3.63, 3.8) is 0 Å². The highest BCUT2D eigenvalue weighted by Crippen LogP contribution is 2.23. The summed E-state index contributed by atoms with van der Waals surface area (Å²) in [6.07, 6.45) is 4.88. The summed E-state index contributed by atoms with van der Waals surface area (Å²) in [5, 5.41) is 2.50. The second kappa shape index (κ2) is 9.82. The Labute approximate surface area is 191 Å². The number of carbonyl (C=O) groups excluding carboxylic acids is 3. The molecule has 0 saturated carbocycles. The van der Waals surface area contributed by atoms with Crippen molar-refractivity contribution in [1.29, 1.82) is 0 Å². The quantitative estimate of drug-likeness (QED) is 0.346. The van der Waals surface area contributed by atoms with E-state index in [9.17, 15) is 14.4 Å². The number of H-pyrrole nitrogens is 1. The number of amides is 3. The van der Waals surface area contributed by atoms with Crippen molar-refractivity contribution < 1.29 is 14.4 Å². The number of fused-ring (bicyclic) bond motifs is 1. The van der Waals surface area contributed by atoms with Gasteiger partial charge in [-0.3, -0.25) is 19.3 Å². The van der Waals surface area contributed by atoms with Gasteiger partial charge in [-0.25, -0.2) is 4.98 Å². The third kappa shape index (κ3) is 4.75. The zero-order chi connectivity index (χ0) is 22.5. The first-order valence-electron chi connectivity index (χ1n) is 10.5. The molecule has 2 atom stereocenters. The van der Waals surface area contributed by atoms with Gasteiger partial charge in [0.25, 0.3) is 11.8 Å². The number of hydrogen-bond donors (Lipinski definition) is 3. The van der Waals surface area contributed by atoms with E-state index in [1.54, 1.807) is 36.7 Å². The molecule has 3 aromatic rings. The van der Waals surface area contributed by atoms with E-state index in [-0.39, 0.29) is 30.3 Å². The second-order valence-corrected chi connectivity index (χ2v) is 8.30. The molecule has 0 unspecified atom stereocenters. The number of imidazole rings is 1. The first-order chi connectivity index (χ1) is 15.5. The van der Waals surface area contributed by atoms with Crippen LogP contribution in [0.5, 0.6) is 0 Å². The minimum Gasteiger partial charge on any atom is -0.349 e. The molecule has 32 heavy (non-hydrogen) atoms. The number of imide groups is 1. The van der Waals surface area contributed by atoms with Crippen molar-refractivity contribution in [2.75, 3.05) is 6.54 Å². The standard InChI is InChI=1S/C24H24N4O3S/c29-22(27-19(15-21-25-12-13-26-21)16-7-2-1-3-8-16)20(32)11-6-14-28-23(30)17-9-4-5-10-18(17)24(28)31/h1-5,7-10,12-13,19-20,32H,6,11,14-15H2,(H,25,26)(H,27,29)/t19-,20+/m0/s1. The molecule has 1 aromatic heterocycles. The lowest BCUT2D eigenvalue weighted by Crippen LogP contribution is -2.36. The fraction of sp³-hybridized carbons (Fsp3) is 0.250. The first kappa shape index (κ1) is 21.8. The maximum Gasteiger partial charge on any atom is 0.261 e. The molecule has 4 rings (SSSR count). The summed E-state index contributed by atoms with van der Waals surface area (Å²) >= 11 is 4.47. The normalized spacial score (nSPS) is 14.8. The third-order valence-electron chi connectivity index (χ3n) is 5.51. The molecule has 0 saturated heterocycles. The minimum atomic E-state index is -0.562. The lowest BCUT2D eigenvalue weighted by molar-refractivity contribution is -0.121. The van der Waals surface area contributed by atoms with Crippen LogP contribution in [0.3, 0.4) is 0 Å². The number of nitrogens with zero attached hydrogens (tertiary/aromatic N) is 2. The van der Waals surface area contributed by atoms with Gasteiger partial charge >= 0.3 is 0 Å². The number of nitrogens with one attached hydrogen (secondary N) is 2. The molecule has 0 bridgehead atoms. The summed E-state index contributed by atoms with van der Waals surface area (Å²) in [5.41, 5.74) is 1.84. The zero-order valence-electron chi connectivity index (χ0n) is 17.4. The lowest BCUT2D eigenvalue weighted by atomic mass is 10.0. The monoisotopic (exact) mass is 448 g/mol. The van der Waals surface area contributed by atoms with E-state index in [0.29, 0.717) is 30.4 Å². The van der Waals surface area contributed by atoms with Crippen LogP contribution in [0.4, 0.5) is 0 Å². The average molecular weight is 449 g/mol. The molecular weight excluding hydrogens is 424 g/mol. The molecule has 8 heteroatoms. The number of hydrogen-bond acceptors (Lipinski definition) is 5. The van der Waals surface area contributed by atoms with Crippen molar-refractivity contribution in [3.8, 4) is 0 Å². The maximum atomic E-state index is 12.8. The summed E-state index contributed by atoms with van der Waals surface area (Å²) in [5.74, 6) is 0.0123. The predicted octanol–water partition coefficient (Wildman–Crippen LogP) is 3.18. The number of thiol groups is 1. The van der Waals surface area contributed by atoms with Crippen LogP contribution >= 0.6 is 12.6 Å². The van der Waals surface area contributed by atoms with Gasteiger partial charge in [-0.15, -0.1) is 0 Å². The van der Waals surface area contributed by atoms with E-state index in [1.807, 2.05) is 30.3 Å². The summed E-state index contributed by atoms with van der Waals surface area (Å²) in [6.45, 7) is 0.255. The molecular formula is C24H24N4O3S. The van der Waals surface area contributed by atoms with E-state index >= 15 is 0 Å². The largest absolute Gasteiger partial charge is 0.349 e. The highest BCUT2D eigenvalue weighted by atomic mass is 32.1. The fourth-order valence-corrected chi connectivity index (χ4v) is 4.08. The van der Waals surface area contributed by atoms with Gasteiger partial charge in [-0.05, 0) is 30.5 Å². The Balaban J connectivity index is 1.33. The van der Waals surface area contributed by atoms with Gasteiger partial charge < -0.3 is 10.3 Å². The number of carbonyl (C=O) groups is 3. The zero-order valence-corrected chi connectivity index (χ0v) is 18.3. The first-order valence-corrected chi connectivity index (χ1v) is 11.0. The van der Waals surface area contributed by atoms with E-state index in [0.717, 1.165) is 11.4 Å². The van der Waals surface area contributed by atoms with Crippen molar-refractivity contribution >= 4 is 30.4 Å². The van der Waals surface area contributed by atoms with Crippen LogP contribution < -0.4 is 5.32 Å². The second-order valence-electron chi connectivity index (χ2n) is 7.68. The van der Waals surface area contributed by atoms with Crippen LogP contribution in [-0.2, 0) is 11.2 Å². The van der Waals surface area contributed by atoms with E-state index in [2.05, 4.69) is 27.9 Å². The number of aromatic nitrogens is 2. The molecule has 0 fully saturated rings. The molecule has 0 radical (unpaired) electrons. The highest BCUT2D eigenvalue weighted by Gasteiger charge is 2.34. The summed E-state index contributed by atoms with van der Waals surface area (Å²) in [7, 11) is 0. The van der Waals surface area contributed by atoms with Gasteiger partial charge in [0.05, 0.1) is 22.4 Å². The molecule has 0 aliphatic carbocycles. The smallest absolute Gasteiger partial charge is 0.261 e. The Kier molecular flexibility index (Phi) is 6.70. The van der Waals surface area contributed by atoms with Gasteiger partial charge in [0.15, 0.2) is 0 Å². The molecule has 0 spiro atoms. The van der Waals surface area contributed by atoms with Crippen molar-refractivity contribution in [3.05, 3.63) is 89.5 Å². The van der Waals surface area contributed by atoms with Crippen molar-refractivity contribution in [2.45, 2.75) is 30.6 Å². The van der Waals surface area contributed by atoms with Gasteiger partial charge in [0.2, 0.25) is 5.91 Å². The SMILES string of the molecule is O=C(N[C@@H](Cc1ncc[nH]1)c1ccccc1)[C@H](S)CCCN1C(=O)c2ccccc2C1=O. The van der Waals surface area contributed by atoms with E-state index < -0.39 is 5.25 Å². The average Bonchev–Trinajstić information content (AvgIpc) is 3.41. The Morgan fingerprint density at radius 2 is 1.69 bits per heavy atom.